The minimum atomic E-state index is -0.365. The van der Waals surface area contributed by atoms with Crippen LogP contribution in [0, 0.1) is 12.7 Å². The standard InChI is InChI=1S/C21H25FN2O3/c1-14-7-8-16(22)11-15(14)13-23-21(25)24-17-9-10-19(26-2)20(12-17)27-18-5-3-4-6-18/h7-12,18H,3-6,13H2,1-2H3,(H2,23,24,25). The molecule has 0 saturated heterocycles. The number of carbonyl (C=O) groups excluding carboxylic acids is 1. The van der Waals surface area contributed by atoms with E-state index in [0.29, 0.717) is 17.2 Å². The number of carbonyl (C=O) groups is 1. The summed E-state index contributed by atoms with van der Waals surface area (Å²) in [5.41, 5.74) is 2.27. The second-order valence-corrected chi connectivity index (χ2v) is 6.77. The Bertz CT molecular complexity index is 804. The SMILES string of the molecule is COc1ccc(NC(=O)NCc2cc(F)ccc2C)cc1OC1CCCC1. The summed E-state index contributed by atoms with van der Waals surface area (Å²) in [4.78, 5) is 12.2. The molecule has 0 aliphatic heterocycles. The van der Waals surface area contributed by atoms with Crippen molar-refractivity contribution in [3.63, 3.8) is 0 Å². The molecule has 0 spiro atoms. The highest BCUT2D eigenvalue weighted by Gasteiger charge is 2.19. The van der Waals surface area contributed by atoms with Crippen LogP contribution in [0.25, 0.3) is 0 Å². The van der Waals surface area contributed by atoms with Crippen LogP contribution in [-0.4, -0.2) is 19.2 Å². The van der Waals surface area contributed by atoms with Gasteiger partial charge >= 0.3 is 6.03 Å². The highest BCUT2D eigenvalue weighted by atomic mass is 19.1. The molecule has 27 heavy (non-hydrogen) atoms. The van der Waals surface area contributed by atoms with Crippen molar-refractivity contribution in [2.24, 2.45) is 0 Å². The third-order valence-electron chi connectivity index (χ3n) is 4.77. The maximum Gasteiger partial charge on any atom is 0.319 e. The van der Waals surface area contributed by atoms with Gasteiger partial charge in [0, 0.05) is 18.3 Å². The lowest BCUT2D eigenvalue weighted by Gasteiger charge is -2.17. The summed E-state index contributed by atoms with van der Waals surface area (Å²) in [5, 5.41) is 5.53. The van der Waals surface area contributed by atoms with E-state index in [0.717, 1.165) is 24.0 Å². The monoisotopic (exact) mass is 372 g/mol. The number of urea groups is 1. The first-order valence-electron chi connectivity index (χ1n) is 9.19. The summed E-state index contributed by atoms with van der Waals surface area (Å²) in [6.07, 6.45) is 4.61. The van der Waals surface area contributed by atoms with Gasteiger partial charge in [-0.15, -0.1) is 0 Å². The Kier molecular flexibility index (Phi) is 6.16. The molecule has 3 rings (SSSR count). The van der Waals surface area contributed by atoms with Gasteiger partial charge in [0.2, 0.25) is 0 Å². The van der Waals surface area contributed by atoms with Gasteiger partial charge in [-0.3, -0.25) is 0 Å². The van der Waals surface area contributed by atoms with E-state index in [1.807, 2.05) is 6.92 Å². The molecule has 0 aromatic heterocycles. The predicted molar refractivity (Wildman–Crippen MR) is 103 cm³/mol. The van der Waals surface area contributed by atoms with Crippen molar-refractivity contribution in [2.75, 3.05) is 12.4 Å². The molecule has 5 nitrogen and oxygen atoms in total. The van der Waals surface area contributed by atoms with Crippen molar-refractivity contribution < 1.29 is 18.7 Å². The largest absolute Gasteiger partial charge is 0.493 e. The zero-order chi connectivity index (χ0) is 19.2. The van der Waals surface area contributed by atoms with Gasteiger partial charge in [0.05, 0.1) is 13.2 Å². The number of amides is 2. The summed E-state index contributed by atoms with van der Waals surface area (Å²) in [6.45, 7) is 2.13. The van der Waals surface area contributed by atoms with Gasteiger partial charge < -0.3 is 20.1 Å². The number of rotatable bonds is 6. The number of aryl methyl sites for hydroxylation is 1. The topological polar surface area (TPSA) is 59.6 Å². The third kappa shape index (κ3) is 5.12. The van der Waals surface area contributed by atoms with Crippen LogP contribution in [0.15, 0.2) is 36.4 Å². The first-order chi connectivity index (χ1) is 13.0. The molecule has 1 aliphatic rings. The maximum absolute atomic E-state index is 13.3. The van der Waals surface area contributed by atoms with E-state index in [4.69, 9.17) is 9.47 Å². The molecule has 2 aromatic rings. The van der Waals surface area contributed by atoms with Crippen molar-refractivity contribution >= 4 is 11.7 Å². The highest BCUT2D eigenvalue weighted by molar-refractivity contribution is 5.89. The molecule has 2 aromatic carbocycles. The van der Waals surface area contributed by atoms with E-state index < -0.39 is 0 Å². The summed E-state index contributed by atoms with van der Waals surface area (Å²) in [7, 11) is 1.60. The lowest BCUT2D eigenvalue weighted by molar-refractivity contribution is 0.201. The van der Waals surface area contributed by atoms with Crippen LogP contribution >= 0.6 is 0 Å². The maximum atomic E-state index is 13.3. The average Bonchev–Trinajstić information content (AvgIpc) is 3.16. The Balaban J connectivity index is 1.62. The molecule has 2 N–H and O–H groups in total. The van der Waals surface area contributed by atoms with Crippen LogP contribution in [-0.2, 0) is 6.54 Å². The van der Waals surface area contributed by atoms with Crippen molar-refractivity contribution in [1.29, 1.82) is 0 Å². The van der Waals surface area contributed by atoms with Gasteiger partial charge in [0.1, 0.15) is 5.82 Å². The number of benzene rings is 2. The fraction of sp³-hybridized carbons (Fsp3) is 0.381. The fourth-order valence-electron chi connectivity index (χ4n) is 3.21. The number of halogens is 1. The first kappa shape index (κ1) is 19.0. The molecular formula is C21H25FN2O3. The normalized spacial score (nSPS) is 14.0. The van der Waals surface area contributed by atoms with Crippen LogP contribution in [0.4, 0.5) is 14.9 Å². The smallest absolute Gasteiger partial charge is 0.319 e. The fourth-order valence-corrected chi connectivity index (χ4v) is 3.21. The van der Waals surface area contributed by atoms with E-state index in [2.05, 4.69) is 10.6 Å². The summed E-state index contributed by atoms with van der Waals surface area (Å²) in [6, 6.07) is 9.46. The first-order valence-corrected chi connectivity index (χ1v) is 9.19. The van der Waals surface area contributed by atoms with Gasteiger partial charge in [-0.1, -0.05) is 6.07 Å². The summed E-state index contributed by atoms with van der Waals surface area (Å²) >= 11 is 0. The van der Waals surface area contributed by atoms with Gasteiger partial charge in [-0.25, -0.2) is 9.18 Å². The van der Waals surface area contributed by atoms with Crippen molar-refractivity contribution in [3.05, 3.63) is 53.3 Å². The lowest BCUT2D eigenvalue weighted by Crippen LogP contribution is -2.28. The number of ether oxygens (including phenoxy) is 2. The second-order valence-electron chi connectivity index (χ2n) is 6.77. The quantitative estimate of drug-likeness (QED) is 0.767. The Hall–Kier alpha value is -2.76. The molecule has 6 heteroatoms. The zero-order valence-corrected chi connectivity index (χ0v) is 15.7. The molecule has 0 heterocycles. The molecule has 0 atom stereocenters. The van der Waals surface area contributed by atoms with Gasteiger partial charge in [-0.05, 0) is 68.0 Å². The van der Waals surface area contributed by atoms with E-state index >= 15 is 0 Å². The third-order valence-corrected chi connectivity index (χ3v) is 4.77. The van der Waals surface area contributed by atoms with E-state index in [1.165, 1.54) is 25.0 Å². The molecular weight excluding hydrogens is 347 g/mol. The van der Waals surface area contributed by atoms with Crippen molar-refractivity contribution in [3.8, 4) is 11.5 Å². The Morgan fingerprint density at radius 1 is 1.15 bits per heavy atom. The van der Waals surface area contributed by atoms with Crippen LogP contribution in [0.5, 0.6) is 11.5 Å². The van der Waals surface area contributed by atoms with E-state index in [1.54, 1.807) is 31.4 Å². The van der Waals surface area contributed by atoms with Crippen molar-refractivity contribution in [2.45, 2.75) is 45.3 Å². The minimum absolute atomic E-state index is 0.193. The van der Waals surface area contributed by atoms with Crippen LogP contribution < -0.4 is 20.1 Å². The minimum Gasteiger partial charge on any atom is -0.493 e. The molecule has 0 unspecified atom stereocenters. The highest BCUT2D eigenvalue weighted by Crippen LogP contribution is 2.33. The summed E-state index contributed by atoms with van der Waals surface area (Å²) in [5.74, 6) is 0.952. The Morgan fingerprint density at radius 2 is 1.93 bits per heavy atom. The second kappa shape index (κ2) is 8.75. The lowest BCUT2D eigenvalue weighted by atomic mass is 10.1. The van der Waals surface area contributed by atoms with E-state index in [9.17, 15) is 9.18 Å². The van der Waals surface area contributed by atoms with Crippen LogP contribution in [0.1, 0.15) is 36.8 Å². The van der Waals surface area contributed by atoms with Crippen LogP contribution in [0.3, 0.4) is 0 Å². The molecule has 0 radical (unpaired) electrons. The van der Waals surface area contributed by atoms with Gasteiger partial charge in [0.15, 0.2) is 11.5 Å². The molecule has 1 saturated carbocycles. The zero-order valence-electron chi connectivity index (χ0n) is 15.7. The molecule has 2 amide bonds. The predicted octanol–water partition coefficient (Wildman–Crippen LogP) is 4.79. The average molecular weight is 372 g/mol. The van der Waals surface area contributed by atoms with Crippen LogP contribution in [0.2, 0.25) is 0 Å². The molecule has 1 aliphatic carbocycles. The Labute approximate surface area is 158 Å². The Morgan fingerprint density at radius 3 is 2.67 bits per heavy atom. The number of methoxy groups -OCH3 is 1. The molecule has 144 valence electrons. The van der Waals surface area contributed by atoms with E-state index in [-0.39, 0.29) is 24.5 Å². The number of anilines is 1. The summed E-state index contributed by atoms with van der Waals surface area (Å²) < 4.78 is 24.7. The van der Waals surface area contributed by atoms with Gasteiger partial charge in [0.25, 0.3) is 0 Å². The number of hydrogen-bond acceptors (Lipinski definition) is 3. The number of nitrogens with one attached hydrogen (secondary N) is 2. The molecule has 1 fully saturated rings. The molecule has 0 bridgehead atoms. The van der Waals surface area contributed by atoms with Crippen molar-refractivity contribution in [1.82, 2.24) is 5.32 Å². The number of hydrogen-bond donors (Lipinski definition) is 2. The van der Waals surface area contributed by atoms with Gasteiger partial charge in [-0.2, -0.15) is 0 Å².